The Morgan fingerprint density at radius 1 is 1.50 bits per heavy atom. The monoisotopic (exact) mass is 227 g/mol. The molecule has 1 heterocycles. The van der Waals surface area contributed by atoms with Crippen molar-refractivity contribution in [3.05, 3.63) is 0 Å². The van der Waals surface area contributed by atoms with E-state index in [1.807, 2.05) is 0 Å². The number of carbonyl (C=O) groups excluding carboxylic acids is 2. The summed E-state index contributed by atoms with van der Waals surface area (Å²) in [7, 11) is 1.45. The summed E-state index contributed by atoms with van der Waals surface area (Å²) in [4.78, 5) is 33.1. The molecule has 16 heavy (non-hydrogen) atoms. The Bertz CT molecular complexity index is 364. The largest absolute Gasteiger partial charge is 0.480 e. The number of carboxylic acid groups (broad SMARTS) is 1. The van der Waals surface area contributed by atoms with Crippen molar-refractivity contribution in [2.45, 2.75) is 25.8 Å². The van der Waals surface area contributed by atoms with Gasteiger partial charge in [0, 0.05) is 19.9 Å². The predicted molar refractivity (Wildman–Crippen MR) is 54.7 cm³/mol. The van der Waals surface area contributed by atoms with Crippen LogP contribution in [0.15, 0.2) is 5.10 Å². The Balaban J connectivity index is 2.65. The van der Waals surface area contributed by atoms with Crippen LogP contribution in [0.4, 0.5) is 0 Å². The van der Waals surface area contributed by atoms with Gasteiger partial charge in [-0.05, 0) is 6.92 Å². The number of aliphatic carboxylic acids is 1. The normalized spacial score (nSPS) is 17.8. The first kappa shape index (κ1) is 12.2. The standard InChI is InChI=1S/C9H13N3O4/c1-5(9(15)16)10-8(14)6-3-4-7(13)12(2)11-6/h5H,3-4H2,1-2H3,(H,10,14)(H,15,16)/t5-/m1/s1. The number of carbonyl (C=O) groups is 3. The van der Waals surface area contributed by atoms with Crippen LogP contribution in [0.2, 0.25) is 0 Å². The smallest absolute Gasteiger partial charge is 0.325 e. The summed E-state index contributed by atoms with van der Waals surface area (Å²) < 4.78 is 0. The lowest BCUT2D eigenvalue weighted by Crippen LogP contribution is -2.44. The fourth-order valence-corrected chi connectivity index (χ4v) is 1.17. The van der Waals surface area contributed by atoms with E-state index in [4.69, 9.17) is 5.11 Å². The molecule has 7 heteroatoms. The van der Waals surface area contributed by atoms with Crippen molar-refractivity contribution in [2.24, 2.45) is 5.10 Å². The summed E-state index contributed by atoms with van der Waals surface area (Å²) in [5.41, 5.74) is 0.176. The maximum atomic E-state index is 11.5. The maximum absolute atomic E-state index is 11.5. The van der Waals surface area contributed by atoms with E-state index < -0.39 is 17.9 Å². The molecule has 0 aromatic carbocycles. The Kier molecular flexibility index (Phi) is 3.60. The van der Waals surface area contributed by atoms with Gasteiger partial charge in [-0.2, -0.15) is 5.10 Å². The van der Waals surface area contributed by atoms with Gasteiger partial charge in [-0.3, -0.25) is 14.4 Å². The summed E-state index contributed by atoms with van der Waals surface area (Å²) in [6.07, 6.45) is 0.450. The highest BCUT2D eigenvalue weighted by molar-refractivity contribution is 6.39. The minimum atomic E-state index is -1.12. The first-order chi connectivity index (χ1) is 7.41. The van der Waals surface area contributed by atoms with Crippen LogP contribution in [0.25, 0.3) is 0 Å². The molecule has 0 fully saturated rings. The van der Waals surface area contributed by atoms with E-state index in [2.05, 4.69) is 10.4 Å². The molecule has 0 aromatic heterocycles. The topological polar surface area (TPSA) is 99.1 Å². The molecule has 88 valence electrons. The average Bonchev–Trinajstić information content (AvgIpc) is 2.21. The molecular formula is C9H13N3O4. The molecule has 2 amide bonds. The van der Waals surface area contributed by atoms with Crippen LogP contribution >= 0.6 is 0 Å². The van der Waals surface area contributed by atoms with Crippen LogP contribution in [0.1, 0.15) is 19.8 Å². The second-order valence-corrected chi connectivity index (χ2v) is 3.50. The molecule has 7 nitrogen and oxygen atoms in total. The van der Waals surface area contributed by atoms with E-state index in [9.17, 15) is 14.4 Å². The zero-order valence-corrected chi connectivity index (χ0v) is 9.06. The quantitative estimate of drug-likeness (QED) is 0.658. The molecule has 2 N–H and O–H groups in total. The minimum absolute atomic E-state index is 0.164. The number of nitrogens with zero attached hydrogens (tertiary/aromatic N) is 2. The third-order valence-electron chi connectivity index (χ3n) is 2.19. The van der Waals surface area contributed by atoms with Gasteiger partial charge < -0.3 is 10.4 Å². The second-order valence-electron chi connectivity index (χ2n) is 3.50. The predicted octanol–water partition coefficient (Wildman–Crippen LogP) is -0.816. The van der Waals surface area contributed by atoms with Crippen LogP contribution in [0, 0.1) is 0 Å². The van der Waals surface area contributed by atoms with Crippen LogP contribution < -0.4 is 5.32 Å². The molecule has 1 rings (SSSR count). The van der Waals surface area contributed by atoms with Crippen LogP contribution in [-0.4, -0.2) is 46.7 Å². The highest BCUT2D eigenvalue weighted by Gasteiger charge is 2.24. The van der Waals surface area contributed by atoms with Crippen LogP contribution in [0.5, 0.6) is 0 Å². The van der Waals surface area contributed by atoms with Gasteiger partial charge in [0.1, 0.15) is 11.8 Å². The highest BCUT2D eigenvalue weighted by Crippen LogP contribution is 2.06. The van der Waals surface area contributed by atoms with E-state index in [-0.39, 0.29) is 24.5 Å². The Morgan fingerprint density at radius 2 is 2.12 bits per heavy atom. The van der Waals surface area contributed by atoms with Gasteiger partial charge in [-0.15, -0.1) is 0 Å². The molecule has 0 radical (unpaired) electrons. The molecule has 0 aliphatic carbocycles. The van der Waals surface area contributed by atoms with Crippen molar-refractivity contribution >= 4 is 23.5 Å². The van der Waals surface area contributed by atoms with Gasteiger partial charge >= 0.3 is 5.97 Å². The molecule has 0 spiro atoms. The van der Waals surface area contributed by atoms with E-state index in [1.54, 1.807) is 0 Å². The van der Waals surface area contributed by atoms with Gasteiger partial charge in [0.25, 0.3) is 5.91 Å². The summed E-state index contributed by atoms with van der Waals surface area (Å²) in [5.74, 6) is -1.83. The van der Waals surface area contributed by atoms with Crippen molar-refractivity contribution in [1.29, 1.82) is 0 Å². The molecular weight excluding hydrogens is 214 g/mol. The van der Waals surface area contributed by atoms with Crippen molar-refractivity contribution < 1.29 is 19.5 Å². The first-order valence-corrected chi connectivity index (χ1v) is 4.79. The van der Waals surface area contributed by atoms with Gasteiger partial charge in [-0.1, -0.05) is 0 Å². The number of hydrazone groups is 1. The molecule has 0 saturated heterocycles. The van der Waals surface area contributed by atoms with E-state index in [0.29, 0.717) is 0 Å². The Morgan fingerprint density at radius 3 is 2.62 bits per heavy atom. The molecule has 1 aliphatic heterocycles. The van der Waals surface area contributed by atoms with Crippen LogP contribution in [-0.2, 0) is 14.4 Å². The Hall–Kier alpha value is -1.92. The maximum Gasteiger partial charge on any atom is 0.325 e. The molecule has 1 atom stereocenters. The third kappa shape index (κ3) is 2.78. The zero-order chi connectivity index (χ0) is 12.3. The number of hydrogen-bond donors (Lipinski definition) is 2. The number of rotatable bonds is 3. The number of hydrogen-bond acceptors (Lipinski definition) is 4. The van der Waals surface area contributed by atoms with Crippen molar-refractivity contribution in [2.75, 3.05) is 7.05 Å². The summed E-state index contributed by atoms with van der Waals surface area (Å²) >= 11 is 0. The molecule has 0 aromatic rings. The van der Waals surface area contributed by atoms with Gasteiger partial charge in [-0.25, -0.2) is 5.01 Å². The molecule has 0 bridgehead atoms. The summed E-state index contributed by atoms with van der Waals surface area (Å²) in [6, 6.07) is -0.974. The SMILES string of the molecule is C[C@@H](NC(=O)C1=NN(C)C(=O)CC1)C(=O)O. The molecule has 1 aliphatic rings. The van der Waals surface area contributed by atoms with Gasteiger partial charge in [0.15, 0.2) is 0 Å². The lowest BCUT2D eigenvalue weighted by molar-refractivity contribution is -0.140. The second kappa shape index (κ2) is 4.73. The number of carboxylic acids is 1. The summed E-state index contributed by atoms with van der Waals surface area (Å²) in [6.45, 7) is 1.36. The zero-order valence-electron chi connectivity index (χ0n) is 9.06. The number of nitrogens with one attached hydrogen (secondary N) is 1. The number of amides is 2. The van der Waals surface area contributed by atoms with Gasteiger partial charge in [0.05, 0.1) is 0 Å². The minimum Gasteiger partial charge on any atom is -0.480 e. The van der Waals surface area contributed by atoms with Crippen molar-refractivity contribution in [3.63, 3.8) is 0 Å². The molecule has 0 unspecified atom stereocenters. The lowest BCUT2D eigenvalue weighted by atomic mass is 10.1. The molecule has 0 saturated carbocycles. The van der Waals surface area contributed by atoms with Crippen LogP contribution in [0.3, 0.4) is 0 Å². The van der Waals surface area contributed by atoms with Gasteiger partial charge in [0.2, 0.25) is 5.91 Å². The third-order valence-corrected chi connectivity index (χ3v) is 2.19. The van der Waals surface area contributed by atoms with Crippen molar-refractivity contribution in [1.82, 2.24) is 10.3 Å². The van der Waals surface area contributed by atoms with E-state index >= 15 is 0 Å². The van der Waals surface area contributed by atoms with E-state index in [1.165, 1.54) is 14.0 Å². The fraction of sp³-hybridized carbons (Fsp3) is 0.556. The highest BCUT2D eigenvalue weighted by atomic mass is 16.4. The Labute approximate surface area is 92.1 Å². The average molecular weight is 227 g/mol. The van der Waals surface area contributed by atoms with E-state index in [0.717, 1.165) is 5.01 Å². The fourth-order valence-electron chi connectivity index (χ4n) is 1.17. The first-order valence-electron chi connectivity index (χ1n) is 4.79. The lowest BCUT2D eigenvalue weighted by Gasteiger charge is -2.19. The summed E-state index contributed by atoms with van der Waals surface area (Å²) in [5, 5.41) is 15.7. The van der Waals surface area contributed by atoms with Crippen molar-refractivity contribution in [3.8, 4) is 0 Å².